The van der Waals surface area contributed by atoms with Gasteiger partial charge in [0, 0.05) is 13.1 Å². The Morgan fingerprint density at radius 3 is 2.66 bits per heavy atom. The first kappa shape index (κ1) is 19.7. The van der Waals surface area contributed by atoms with Crippen molar-refractivity contribution in [2.45, 2.75) is 37.8 Å². The number of ether oxygens (including phenoxy) is 1. The molecule has 3 heterocycles. The van der Waals surface area contributed by atoms with Crippen LogP contribution in [0.4, 0.5) is 0 Å². The molecule has 2 aromatic heterocycles. The van der Waals surface area contributed by atoms with Crippen molar-refractivity contribution in [2.75, 3.05) is 18.8 Å². The third kappa shape index (κ3) is 4.38. The van der Waals surface area contributed by atoms with Crippen LogP contribution in [-0.2, 0) is 16.1 Å². The predicted octanol–water partition coefficient (Wildman–Crippen LogP) is 2.77. The molecule has 1 amide bonds. The van der Waals surface area contributed by atoms with Gasteiger partial charge in [-0.3, -0.25) is 14.2 Å². The number of aromatic nitrogens is 2. The van der Waals surface area contributed by atoms with Crippen LogP contribution >= 0.6 is 11.8 Å². The van der Waals surface area contributed by atoms with Crippen LogP contribution in [0.3, 0.4) is 0 Å². The first-order valence-corrected chi connectivity index (χ1v) is 10.6. The summed E-state index contributed by atoms with van der Waals surface area (Å²) in [6, 6.07) is 10.8. The number of rotatable bonds is 5. The van der Waals surface area contributed by atoms with E-state index >= 15 is 0 Å². The van der Waals surface area contributed by atoms with Gasteiger partial charge >= 0.3 is 0 Å². The lowest BCUT2D eigenvalue weighted by molar-refractivity contribution is -0.140. The van der Waals surface area contributed by atoms with E-state index in [-0.39, 0.29) is 36.0 Å². The molecule has 1 aliphatic heterocycles. The monoisotopic (exact) mass is 413 g/mol. The Bertz CT molecular complexity index is 1050. The molecule has 7 nitrogen and oxygen atoms in total. The molecule has 0 spiro atoms. The highest BCUT2D eigenvalue weighted by molar-refractivity contribution is 7.99. The van der Waals surface area contributed by atoms with Crippen molar-refractivity contribution in [3.63, 3.8) is 0 Å². The molecule has 0 saturated carbocycles. The summed E-state index contributed by atoms with van der Waals surface area (Å²) in [5, 5.41) is 1.05. The van der Waals surface area contributed by atoms with Gasteiger partial charge in [-0.2, -0.15) is 0 Å². The van der Waals surface area contributed by atoms with Crippen molar-refractivity contribution in [2.24, 2.45) is 0 Å². The Balaban J connectivity index is 1.60. The lowest BCUT2D eigenvalue weighted by atomic mass is 10.2. The Labute approximate surface area is 172 Å². The van der Waals surface area contributed by atoms with Crippen LogP contribution in [0.2, 0.25) is 0 Å². The number of carbonyl (C=O) groups excluding carboxylic acids is 1. The number of benzene rings is 1. The van der Waals surface area contributed by atoms with Gasteiger partial charge in [-0.1, -0.05) is 23.9 Å². The van der Waals surface area contributed by atoms with Gasteiger partial charge in [-0.15, -0.1) is 0 Å². The average molecular weight is 413 g/mol. The maximum atomic E-state index is 13.1. The van der Waals surface area contributed by atoms with Crippen LogP contribution in [0.25, 0.3) is 10.9 Å². The standard InChI is InChI=1S/C21H23N3O4S/c1-14-10-23(11-15(2)28-14)19(25)13-29-21-22-18-8-4-3-7-17(18)20(26)24(21)12-16-6-5-9-27-16/h3-9,14-15H,10-13H2,1-2H3/t14-,15-/m0/s1. The SMILES string of the molecule is C[C@H]1CN(C(=O)CSc2nc3ccccc3c(=O)n2Cc2ccco2)C[C@H](C)O1. The molecule has 0 aliphatic carbocycles. The number of morpholine rings is 1. The predicted molar refractivity (Wildman–Crippen MR) is 111 cm³/mol. The second-order valence-corrected chi connectivity index (χ2v) is 8.17. The fourth-order valence-electron chi connectivity index (χ4n) is 3.55. The highest BCUT2D eigenvalue weighted by Gasteiger charge is 2.26. The van der Waals surface area contributed by atoms with E-state index in [2.05, 4.69) is 4.98 Å². The molecular formula is C21H23N3O4S. The number of para-hydroxylation sites is 1. The number of hydrogen-bond acceptors (Lipinski definition) is 6. The second-order valence-electron chi connectivity index (χ2n) is 7.23. The number of furan rings is 1. The summed E-state index contributed by atoms with van der Waals surface area (Å²) < 4.78 is 12.7. The smallest absolute Gasteiger partial charge is 0.262 e. The van der Waals surface area contributed by atoms with E-state index in [1.54, 1.807) is 23.0 Å². The molecule has 1 fully saturated rings. The van der Waals surface area contributed by atoms with Crippen molar-refractivity contribution in [1.82, 2.24) is 14.5 Å². The molecule has 8 heteroatoms. The van der Waals surface area contributed by atoms with Crippen LogP contribution < -0.4 is 5.56 Å². The zero-order valence-electron chi connectivity index (χ0n) is 16.4. The number of amides is 1. The minimum Gasteiger partial charge on any atom is -0.467 e. The van der Waals surface area contributed by atoms with Gasteiger partial charge in [0.15, 0.2) is 5.16 Å². The van der Waals surface area contributed by atoms with Gasteiger partial charge in [-0.05, 0) is 38.1 Å². The van der Waals surface area contributed by atoms with E-state index in [1.807, 2.05) is 43.0 Å². The lowest BCUT2D eigenvalue weighted by Crippen LogP contribution is -2.48. The Hall–Kier alpha value is -2.58. The molecule has 2 atom stereocenters. The fourth-order valence-corrected chi connectivity index (χ4v) is 4.46. The summed E-state index contributed by atoms with van der Waals surface area (Å²) in [4.78, 5) is 32.3. The van der Waals surface area contributed by atoms with Crippen LogP contribution in [0.5, 0.6) is 0 Å². The second kappa shape index (κ2) is 8.42. The minimum atomic E-state index is -0.143. The van der Waals surface area contributed by atoms with Gasteiger partial charge in [0.25, 0.3) is 5.56 Å². The highest BCUT2D eigenvalue weighted by Crippen LogP contribution is 2.21. The number of thioether (sulfide) groups is 1. The van der Waals surface area contributed by atoms with E-state index in [4.69, 9.17) is 9.15 Å². The topological polar surface area (TPSA) is 77.6 Å². The van der Waals surface area contributed by atoms with Crippen LogP contribution in [0, 0.1) is 0 Å². The van der Waals surface area contributed by atoms with E-state index in [9.17, 15) is 9.59 Å². The summed E-state index contributed by atoms with van der Waals surface area (Å²) >= 11 is 1.28. The molecular weight excluding hydrogens is 390 g/mol. The largest absolute Gasteiger partial charge is 0.467 e. The van der Waals surface area contributed by atoms with Crippen molar-refractivity contribution < 1.29 is 13.9 Å². The van der Waals surface area contributed by atoms with Gasteiger partial charge in [-0.25, -0.2) is 4.98 Å². The first-order chi connectivity index (χ1) is 14.0. The summed E-state index contributed by atoms with van der Waals surface area (Å²) in [6.07, 6.45) is 1.61. The molecule has 1 saturated heterocycles. The van der Waals surface area contributed by atoms with E-state index in [1.165, 1.54) is 11.8 Å². The van der Waals surface area contributed by atoms with Crippen molar-refractivity contribution in [3.05, 3.63) is 58.8 Å². The molecule has 1 aliphatic rings. The Morgan fingerprint density at radius 2 is 1.93 bits per heavy atom. The molecule has 0 unspecified atom stereocenters. The highest BCUT2D eigenvalue weighted by atomic mass is 32.2. The molecule has 4 rings (SSSR count). The zero-order valence-corrected chi connectivity index (χ0v) is 17.2. The quantitative estimate of drug-likeness (QED) is 0.473. The number of hydrogen-bond donors (Lipinski definition) is 0. The average Bonchev–Trinajstić information content (AvgIpc) is 3.21. The van der Waals surface area contributed by atoms with Crippen LogP contribution in [0.1, 0.15) is 19.6 Å². The molecule has 0 radical (unpaired) electrons. The number of fused-ring (bicyclic) bond motifs is 1. The third-order valence-corrected chi connectivity index (χ3v) is 5.78. The Morgan fingerprint density at radius 1 is 1.17 bits per heavy atom. The van der Waals surface area contributed by atoms with Crippen molar-refractivity contribution in [3.8, 4) is 0 Å². The van der Waals surface area contributed by atoms with Crippen molar-refractivity contribution in [1.29, 1.82) is 0 Å². The summed E-state index contributed by atoms with van der Waals surface area (Å²) in [5.74, 6) is 0.889. The third-order valence-electron chi connectivity index (χ3n) is 4.82. The molecule has 152 valence electrons. The van der Waals surface area contributed by atoms with Crippen LogP contribution in [-0.4, -0.2) is 51.4 Å². The summed E-state index contributed by atoms with van der Waals surface area (Å²) in [5.41, 5.74) is 0.479. The van der Waals surface area contributed by atoms with Gasteiger partial charge in [0.2, 0.25) is 5.91 Å². The normalized spacial score (nSPS) is 19.6. The maximum Gasteiger partial charge on any atom is 0.262 e. The Kier molecular flexibility index (Phi) is 5.73. The molecule has 29 heavy (non-hydrogen) atoms. The summed E-state index contributed by atoms with van der Waals surface area (Å²) in [6.45, 7) is 5.36. The van der Waals surface area contributed by atoms with Gasteiger partial charge in [0.05, 0.1) is 41.7 Å². The van der Waals surface area contributed by atoms with Gasteiger partial charge in [0.1, 0.15) is 5.76 Å². The first-order valence-electron chi connectivity index (χ1n) is 9.59. The van der Waals surface area contributed by atoms with Gasteiger partial charge < -0.3 is 14.1 Å². The van der Waals surface area contributed by atoms with E-state index in [0.717, 1.165) is 0 Å². The van der Waals surface area contributed by atoms with E-state index in [0.29, 0.717) is 34.9 Å². The van der Waals surface area contributed by atoms with E-state index < -0.39 is 0 Å². The molecule has 0 N–H and O–H groups in total. The maximum absolute atomic E-state index is 13.1. The lowest BCUT2D eigenvalue weighted by Gasteiger charge is -2.35. The van der Waals surface area contributed by atoms with Crippen LogP contribution in [0.15, 0.2) is 57.0 Å². The number of carbonyl (C=O) groups is 1. The number of nitrogens with zero attached hydrogens (tertiary/aromatic N) is 3. The molecule has 3 aromatic rings. The molecule has 1 aromatic carbocycles. The zero-order chi connectivity index (χ0) is 20.4. The molecule has 0 bridgehead atoms. The minimum absolute atomic E-state index is 0.0172. The summed E-state index contributed by atoms with van der Waals surface area (Å²) in [7, 11) is 0. The fraction of sp³-hybridized carbons (Fsp3) is 0.381. The van der Waals surface area contributed by atoms with Crippen molar-refractivity contribution >= 4 is 28.6 Å².